The monoisotopic (exact) mass is 495 g/mol. The molecule has 1 N–H and O–H groups in total. The fourth-order valence-corrected chi connectivity index (χ4v) is 5.76. The predicted octanol–water partition coefficient (Wildman–Crippen LogP) is 5.73. The molecule has 0 amide bonds. The van der Waals surface area contributed by atoms with E-state index < -0.39 is 10.0 Å². The molecule has 0 bridgehead atoms. The molecule has 1 fully saturated rings. The van der Waals surface area contributed by atoms with E-state index in [-0.39, 0.29) is 17.0 Å². The van der Waals surface area contributed by atoms with E-state index in [2.05, 4.69) is 14.6 Å². The van der Waals surface area contributed by atoms with Crippen LogP contribution in [0.25, 0.3) is 0 Å². The van der Waals surface area contributed by atoms with E-state index in [4.69, 9.17) is 34.8 Å². The summed E-state index contributed by atoms with van der Waals surface area (Å²) in [4.78, 5) is 6.26. The number of anilines is 1. The van der Waals surface area contributed by atoms with Crippen LogP contribution in [0.15, 0.2) is 71.9 Å². The van der Waals surface area contributed by atoms with Crippen molar-refractivity contribution in [3.8, 4) is 0 Å². The van der Waals surface area contributed by atoms with Gasteiger partial charge in [0.05, 0.1) is 16.8 Å². The van der Waals surface area contributed by atoms with Gasteiger partial charge in [-0.1, -0.05) is 46.9 Å². The van der Waals surface area contributed by atoms with Crippen molar-refractivity contribution in [2.45, 2.75) is 29.8 Å². The average Bonchev–Trinajstić information content (AvgIpc) is 2.75. The third-order valence-corrected chi connectivity index (χ3v) is 7.64. The molecule has 0 radical (unpaired) electrons. The molecular formula is C22H20Cl3N3O2S. The lowest BCUT2D eigenvalue weighted by Crippen LogP contribution is -2.46. The van der Waals surface area contributed by atoms with Crippen molar-refractivity contribution in [2.24, 2.45) is 0 Å². The van der Waals surface area contributed by atoms with Crippen molar-refractivity contribution in [3.63, 3.8) is 0 Å². The summed E-state index contributed by atoms with van der Waals surface area (Å²) < 4.78 is 28.5. The minimum Gasteiger partial charge on any atom is -0.363 e. The van der Waals surface area contributed by atoms with Gasteiger partial charge >= 0.3 is 0 Å². The Balaban J connectivity index is 1.63. The summed E-state index contributed by atoms with van der Waals surface area (Å²) in [6.45, 7) is 0.620. The Kier molecular flexibility index (Phi) is 6.74. The molecular weight excluding hydrogens is 477 g/mol. The van der Waals surface area contributed by atoms with Gasteiger partial charge in [0.2, 0.25) is 10.0 Å². The van der Waals surface area contributed by atoms with E-state index in [1.807, 2.05) is 30.3 Å². The minimum absolute atomic E-state index is 0.0914. The zero-order valence-electron chi connectivity index (χ0n) is 16.4. The molecule has 4 rings (SSSR count). The van der Waals surface area contributed by atoms with E-state index in [1.54, 1.807) is 24.4 Å². The Hall–Kier alpha value is -1.83. The van der Waals surface area contributed by atoms with Crippen molar-refractivity contribution in [1.82, 2.24) is 9.71 Å². The van der Waals surface area contributed by atoms with Crippen LogP contribution in [-0.2, 0) is 10.0 Å². The van der Waals surface area contributed by atoms with Crippen LogP contribution >= 0.6 is 34.8 Å². The molecule has 31 heavy (non-hydrogen) atoms. The molecule has 1 aromatic heterocycles. The maximum absolute atomic E-state index is 12.8. The van der Waals surface area contributed by atoms with Gasteiger partial charge in [-0.05, 0) is 60.9 Å². The topological polar surface area (TPSA) is 62.3 Å². The SMILES string of the molecule is O=S(=O)(NC1CCN(c2ccc(Cl)cc2Cl)[C@H](c2ccc(Cl)cc2)C1)c1cccnc1. The molecule has 1 aliphatic heterocycles. The zero-order chi connectivity index (χ0) is 22.0. The van der Waals surface area contributed by atoms with E-state index >= 15 is 0 Å². The van der Waals surface area contributed by atoms with Crippen LogP contribution in [0.1, 0.15) is 24.4 Å². The number of nitrogens with zero attached hydrogens (tertiary/aromatic N) is 2. The second kappa shape index (κ2) is 9.35. The Morgan fingerprint density at radius 2 is 1.74 bits per heavy atom. The molecule has 1 saturated heterocycles. The fraction of sp³-hybridized carbons (Fsp3) is 0.227. The summed E-state index contributed by atoms with van der Waals surface area (Å²) in [6.07, 6.45) is 4.09. The molecule has 3 aromatic rings. The molecule has 2 aromatic carbocycles. The van der Waals surface area contributed by atoms with Crippen LogP contribution < -0.4 is 9.62 Å². The highest BCUT2D eigenvalue weighted by atomic mass is 35.5. The first-order valence-electron chi connectivity index (χ1n) is 9.73. The van der Waals surface area contributed by atoms with Gasteiger partial charge in [0, 0.05) is 35.0 Å². The van der Waals surface area contributed by atoms with Crippen LogP contribution in [0, 0.1) is 0 Å². The maximum atomic E-state index is 12.8. The molecule has 1 unspecified atom stereocenters. The van der Waals surface area contributed by atoms with E-state index in [0.29, 0.717) is 34.5 Å². The zero-order valence-corrected chi connectivity index (χ0v) is 19.5. The van der Waals surface area contributed by atoms with Gasteiger partial charge in [-0.15, -0.1) is 0 Å². The first-order valence-corrected chi connectivity index (χ1v) is 12.3. The molecule has 162 valence electrons. The maximum Gasteiger partial charge on any atom is 0.242 e. The number of hydrogen-bond donors (Lipinski definition) is 1. The van der Waals surface area contributed by atoms with Crippen molar-refractivity contribution >= 4 is 50.5 Å². The first kappa shape index (κ1) is 22.4. The first-order chi connectivity index (χ1) is 14.8. The van der Waals surface area contributed by atoms with Crippen LogP contribution in [-0.4, -0.2) is 26.0 Å². The lowest BCUT2D eigenvalue weighted by atomic mass is 9.91. The predicted molar refractivity (Wildman–Crippen MR) is 126 cm³/mol. The largest absolute Gasteiger partial charge is 0.363 e. The number of rotatable bonds is 5. The Labute approximate surface area is 197 Å². The number of pyridine rings is 1. The molecule has 5 nitrogen and oxygen atoms in total. The summed E-state index contributed by atoms with van der Waals surface area (Å²) in [6, 6.07) is 15.8. The number of sulfonamides is 1. The van der Waals surface area contributed by atoms with Crippen LogP contribution in [0.5, 0.6) is 0 Å². The van der Waals surface area contributed by atoms with Gasteiger partial charge in [0.1, 0.15) is 4.90 Å². The Bertz CT molecular complexity index is 1160. The standard InChI is InChI=1S/C22H20Cl3N3O2S/c23-16-5-3-15(4-6-16)22-13-18(27-31(29,30)19-2-1-10-26-14-19)9-11-28(22)21-8-7-17(24)12-20(21)25/h1-8,10,12,14,18,22,27H,9,11,13H2/t18?,22-/m0/s1. The van der Waals surface area contributed by atoms with Gasteiger partial charge in [-0.3, -0.25) is 4.98 Å². The second-order valence-electron chi connectivity index (χ2n) is 7.39. The number of halogens is 3. The van der Waals surface area contributed by atoms with Crippen molar-refractivity contribution in [3.05, 3.63) is 87.6 Å². The van der Waals surface area contributed by atoms with Gasteiger partial charge in [-0.25, -0.2) is 13.1 Å². The summed E-state index contributed by atoms with van der Waals surface area (Å²) in [5.41, 5.74) is 1.89. The highest BCUT2D eigenvalue weighted by Crippen LogP contribution is 2.39. The normalized spacial score (nSPS) is 19.4. The minimum atomic E-state index is -3.66. The number of aromatic nitrogens is 1. The molecule has 0 saturated carbocycles. The smallest absolute Gasteiger partial charge is 0.242 e. The van der Waals surface area contributed by atoms with Crippen molar-refractivity contribution in [2.75, 3.05) is 11.4 Å². The van der Waals surface area contributed by atoms with Crippen molar-refractivity contribution < 1.29 is 8.42 Å². The van der Waals surface area contributed by atoms with Crippen LogP contribution in [0.3, 0.4) is 0 Å². The van der Waals surface area contributed by atoms with Gasteiger partial charge in [0.25, 0.3) is 0 Å². The molecule has 9 heteroatoms. The van der Waals surface area contributed by atoms with Gasteiger partial charge in [0.15, 0.2) is 0 Å². The summed E-state index contributed by atoms with van der Waals surface area (Å²) in [5, 5.41) is 1.77. The lowest BCUT2D eigenvalue weighted by molar-refractivity contribution is 0.395. The van der Waals surface area contributed by atoms with Crippen LogP contribution in [0.2, 0.25) is 15.1 Å². The number of nitrogens with one attached hydrogen (secondary N) is 1. The van der Waals surface area contributed by atoms with E-state index in [0.717, 1.165) is 11.3 Å². The number of hydrogen-bond acceptors (Lipinski definition) is 4. The highest BCUT2D eigenvalue weighted by Gasteiger charge is 2.33. The molecule has 1 aliphatic rings. The van der Waals surface area contributed by atoms with Gasteiger partial charge < -0.3 is 4.90 Å². The van der Waals surface area contributed by atoms with Crippen LogP contribution in [0.4, 0.5) is 5.69 Å². The molecule has 2 heterocycles. The molecule has 0 aliphatic carbocycles. The second-order valence-corrected chi connectivity index (χ2v) is 10.4. The van der Waals surface area contributed by atoms with Gasteiger partial charge in [-0.2, -0.15) is 0 Å². The third-order valence-electron chi connectivity index (χ3n) is 5.34. The average molecular weight is 497 g/mol. The summed E-state index contributed by atoms with van der Waals surface area (Å²) in [7, 11) is -3.66. The van der Waals surface area contributed by atoms with E-state index in [1.165, 1.54) is 12.3 Å². The molecule has 0 spiro atoms. The highest BCUT2D eigenvalue weighted by molar-refractivity contribution is 7.89. The Morgan fingerprint density at radius 3 is 2.42 bits per heavy atom. The third kappa shape index (κ3) is 5.16. The van der Waals surface area contributed by atoms with Crippen molar-refractivity contribution in [1.29, 1.82) is 0 Å². The summed E-state index contributed by atoms with van der Waals surface area (Å²) in [5.74, 6) is 0. The number of benzene rings is 2. The quantitative estimate of drug-likeness (QED) is 0.490. The Morgan fingerprint density at radius 1 is 1.00 bits per heavy atom. The number of piperidine rings is 1. The van der Waals surface area contributed by atoms with E-state index in [9.17, 15) is 8.42 Å². The summed E-state index contributed by atoms with van der Waals surface area (Å²) >= 11 is 18.7. The lowest BCUT2D eigenvalue weighted by Gasteiger charge is -2.42. The molecule has 2 atom stereocenters. The fourth-order valence-electron chi connectivity index (χ4n) is 3.87.